The molecule has 1 aromatic heterocycles. The van der Waals surface area contributed by atoms with E-state index in [0.29, 0.717) is 0 Å². The Morgan fingerprint density at radius 2 is 2.25 bits per heavy atom. The van der Waals surface area contributed by atoms with Crippen LogP contribution in [0.1, 0.15) is 35.0 Å². The number of ether oxygens (including phenoxy) is 1. The van der Waals surface area contributed by atoms with E-state index in [2.05, 4.69) is 9.72 Å². The molecule has 4 nitrogen and oxygen atoms in total. The molecular weight excluding hydrogens is 220 g/mol. The number of aromatic hydroxyl groups is 1. The molecule has 0 amide bonds. The number of rotatable bonds is 3. The monoisotopic (exact) mass is 231 g/mol. The van der Waals surface area contributed by atoms with Gasteiger partial charge in [0, 0.05) is 6.20 Å². The summed E-state index contributed by atoms with van der Waals surface area (Å²) in [6.45, 7) is 3.00. The maximum atomic E-state index is 12.6. The summed E-state index contributed by atoms with van der Waals surface area (Å²) in [4.78, 5) is 15.0. The summed E-state index contributed by atoms with van der Waals surface area (Å²) < 4.78 is 29.8. The second-order valence-electron chi connectivity index (χ2n) is 3.04. The molecule has 1 N–H and O–H groups in total. The van der Waals surface area contributed by atoms with Crippen molar-refractivity contribution in [2.24, 2.45) is 0 Å². The smallest absolute Gasteiger partial charge is 0.342 e. The van der Waals surface area contributed by atoms with Crippen molar-refractivity contribution in [3.63, 3.8) is 0 Å². The quantitative estimate of drug-likeness (QED) is 0.810. The summed E-state index contributed by atoms with van der Waals surface area (Å²) in [7, 11) is 0. The maximum Gasteiger partial charge on any atom is 0.342 e. The highest BCUT2D eigenvalue weighted by Crippen LogP contribution is 2.30. The Balaban J connectivity index is 3.31. The highest BCUT2D eigenvalue weighted by molar-refractivity contribution is 5.94. The van der Waals surface area contributed by atoms with Crippen molar-refractivity contribution in [3.05, 3.63) is 23.0 Å². The first-order valence-electron chi connectivity index (χ1n) is 4.62. The summed E-state index contributed by atoms with van der Waals surface area (Å²) in [5.74, 6) is -1.53. The van der Waals surface area contributed by atoms with E-state index >= 15 is 0 Å². The Bertz CT molecular complexity index is 407. The molecule has 0 unspecified atom stereocenters. The van der Waals surface area contributed by atoms with Crippen LogP contribution in [-0.2, 0) is 4.74 Å². The molecule has 0 saturated heterocycles. The van der Waals surface area contributed by atoms with E-state index < -0.39 is 29.3 Å². The number of esters is 1. The highest BCUT2D eigenvalue weighted by atomic mass is 19.3. The third-order valence-corrected chi connectivity index (χ3v) is 1.98. The largest absolute Gasteiger partial charge is 0.505 e. The number of alkyl halides is 2. The number of hydrogen-bond donors (Lipinski definition) is 1. The van der Waals surface area contributed by atoms with E-state index in [1.807, 2.05) is 0 Å². The lowest BCUT2D eigenvalue weighted by Crippen LogP contribution is -2.10. The molecule has 0 aliphatic heterocycles. The average Bonchev–Trinajstić information content (AvgIpc) is 2.21. The predicted molar refractivity (Wildman–Crippen MR) is 51.6 cm³/mol. The van der Waals surface area contributed by atoms with Crippen molar-refractivity contribution < 1.29 is 23.4 Å². The molecule has 1 rings (SSSR count). The van der Waals surface area contributed by atoms with E-state index in [0.717, 1.165) is 6.20 Å². The van der Waals surface area contributed by atoms with Crippen LogP contribution in [-0.4, -0.2) is 22.7 Å². The van der Waals surface area contributed by atoms with Crippen LogP contribution in [0.25, 0.3) is 0 Å². The van der Waals surface area contributed by atoms with Gasteiger partial charge in [-0.2, -0.15) is 0 Å². The molecule has 6 heteroatoms. The molecule has 0 aliphatic rings. The SMILES string of the molecule is CCOC(=O)c1c(C(F)F)cnc(C)c1O. The lowest BCUT2D eigenvalue weighted by atomic mass is 10.1. The van der Waals surface area contributed by atoms with Crippen molar-refractivity contribution in [2.45, 2.75) is 20.3 Å². The number of halogens is 2. The summed E-state index contributed by atoms with van der Waals surface area (Å²) in [5.41, 5.74) is -1.03. The fraction of sp³-hybridized carbons (Fsp3) is 0.400. The van der Waals surface area contributed by atoms with Crippen molar-refractivity contribution >= 4 is 5.97 Å². The van der Waals surface area contributed by atoms with E-state index in [-0.39, 0.29) is 12.3 Å². The molecule has 0 fully saturated rings. The van der Waals surface area contributed by atoms with Crippen molar-refractivity contribution in [1.82, 2.24) is 4.98 Å². The number of nitrogens with zero attached hydrogens (tertiary/aromatic N) is 1. The molecule has 0 radical (unpaired) electrons. The minimum Gasteiger partial charge on any atom is -0.505 e. The predicted octanol–water partition coefficient (Wildman–Crippen LogP) is 2.21. The topological polar surface area (TPSA) is 59.4 Å². The fourth-order valence-electron chi connectivity index (χ4n) is 1.19. The first-order chi connectivity index (χ1) is 7.49. The first kappa shape index (κ1) is 12.4. The molecular formula is C10H11F2NO3. The Morgan fingerprint density at radius 1 is 1.62 bits per heavy atom. The van der Waals surface area contributed by atoms with Crippen LogP contribution in [0.4, 0.5) is 8.78 Å². The zero-order valence-corrected chi connectivity index (χ0v) is 8.83. The molecule has 0 bridgehead atoms. The second kappa shape index (κ2) is 4.87. The maximum absolute atomic E-state index is 12.6. The Morgan fingerprint density at radius 3 is 2.75 bits per heavy atom. The van der Waals surface area contributed by atoms with Crippen LogP contribution in [0.15, 0.2) is 6.20 Å². The van der Waals surface area contributed by atoms with E-state index in [1.54, 1.807) is 6.92 Å². The van der Waals surface area contributed by atoms with Gasteiger partial charge < -0.3 is 9.84 Å². The molecule has 0 spiro atoms. The van der Waals surface area contributed by atoms with E-state index in [9.17, 15) is 18.7 Å². The number of carbonyl (C=O) groups is 1. The van der Waals surface area contributed by atoms with E-state index in [4.69, 9.17) is 0 Å². The van der Waals surface area contributed by atoms with Crippen molar-refractivity contribution in [3.8, 4) is 5.75 Å². The molecule has 0 atom stereocenters. The van der Waals surface area contributed by atoms with Gasteiger partial charge in [0.05, 0.1) is 17.9 Å². The molecule has 1 aromatic rings. The van der Waals surface area contributed by atoms with Crippen LogP contribution < -0.4 is 0 Å². The third-order valence-electron chi connectivity index (χ3n) is 1.98. The third kappa shape index (κ3) is 2.26. The van der Waals surface area contributed by atoms with Gasteiger partial charge in [-0.15, -0.1) is 0 Å². The number of carbonyl (C=O) groups excluding carboxylic acids is 1. The van der Waals surface area contributed by atoms with Gasteiger partial charge in [0.2, 0.25) is 0 Å². The summed E-state index contributed by atoms with van der Waals surface area (Å²) in [5, 5.41) is 9.53. The van der Waals surface area contributed by atoms with Gasteiger partial charge in [-0.05, 0) is 13.8 Å². The van der Waals surface area contributed by atoms with Crippen LogP contribution in [0.5, 0.6) is 5.75 Å². The molecule has 88 valence electrons. The lowest BCUT2D eigenvalue weighted by Gasteiger charge is -2.10. The van der Waals surface area contributed by atoms with Gasteiger partial charge in [0.15, 0.2) is 5.75 Å². The number of aryl methyl sites for hydroxylation is 1. The number of hydrogen-bond acceptors (Lipinski definition) is 4. The van der Waals surface area contributed by atoms with Gasteiger partial charge >= 0.3 is 5.97 Å². The molecule has 1 heterocycles. The number of pyridine rings is 1. The number of aromatic nitrogens is 1. The molecule has 16 heavy (non-hydrogen) atoms. The average molecular weight is 231 g/mol. The van der Waals surface area contributed by atoms with Gasteiger partial charge in [0.1, 0.15) is 5.56 Å². The van der Waals surface area contributed by atoms with Gasteiger partial charge in [0.25, 0.3) is 6.43 Å². The summed E-state index contributed by atoms with van der Waals surface area (Å²) in [6.07, 6.45) is -2.02. The molecule has 0 aromatic carbocycles. The standard InChI is InChI=1S/C10H11F2NO3/c1-3-16-10(15)7-6(9(11)12)4-13-5(2)8(7)14/h4,9,14H,3H2,1-2H3. The van der Waals surface area contributed by atoms with Gasteiger partial charge in [-0.25, -0.2) is 13.6 Å². The first-order valence-corrected chi connectivity index (χ1v) is 4.62. The zero-order valence-electron chi connectivity index (χ0n) is 8.83. The van der Waals surface area contributed by atoms with Crippen LogP contribution in [0.2, 0.25) is 0 Å². The summed E-state index contributed by atoms with van der Waals surface area (Å²) >= 11 is 0. The minimum atomic E-state index is -2.89. The van der Waals surface area contributed by atoms with Crippen LogP contribution in [0.3, 0.4) is 0 Å². The Labute approximate surface area is 90.9 Å². The highest BCUT2D eigenvalue weighted by Gasteiger charge is 2.25. The normalized spacial score (nSPS) is 10.6. The van der Waals surface area contributed by atoms with Crippen molar-refractivity contribution in [1.29, 1.82) is 0 Å². The summed E-state index contributed by atoms with van der Waals surface area (Å²) in [6, 6.07) is 0. The fourth-order valence-corrected chi connectivity index (χ4v) is 1.19. The van der Waals surface area contributed by atoms with Gasteiger partial charge in [-0.3, -0.25) is 4.98 Å². The molecule has 0 aliphatic carbocycles. The van der Waals surface area contributed by atoms with Crippen molar-refractivity contribution in [2.75, 3.05) is 6.61 Å². The van der Waals surface area contributed by atoms with E-state index in [1.165, 1.54) is 6.92 Å². The van der Waals surface area contributed by atoms with Gasteiger partial charge in [-0.1, -0.05) is 0 Å². The zero-order chi connectivity index (χ0) is 12.3. The molecule has 0 saturated carbocycles. The van der Waals surface area contributed by atoms with Crippen LogP contribution in [0, 0.1) is 6.92 Å². The minimum absolute atomic E-state index is 0.0440. The van der Waals surface area contributed by atoms with Crippen LogP contribution >= 0.6 is 0 Å². The second-order valence-corrected chi connectivity index (χ2v) is 3.04. The Kier molecular flexibility index (Phi) is 3.76. The Hall–Kier alpha value is -1.72. The lowest BCUT2D eigenvalue weighted by molar-refractivity contribution is 0.0511.